The van der Waals surface area contributed by atoms with E-state index in [2.05, 4.69) is 15.6 Å². The van der Waals surface area contributed by atoms with E-state index in [9.17, 15) is 14.4 Å². The molecule has 0 radical (unpaired) electrons. The van der Waals surface area contributed by atoms with Crippen molar-refractivity contribution in [2.45, 2.75) is 38.6 Å². The lowest BCUT2D eigenvalue weighted by atomic mass is 9.98. The maximum Gasteiger partial charge on any atom is 0.303 e. The third-order valence-electron chi connectivity index (χ3n) is 3.30. The predicted octanol–water partition coefficient (Wildman–Crippen LogP) is 2.76. The number of thiazole rings is 1. The number of carbonyl (C=O) groups is 3. The summed E-state index contributed by atoms with van der Waals surface area (Å²) in [5, 5.41) is 18.2. The van der Waals surface area contributed by atoms with Gasteiger partial charge in [0.2, 0.25) is 5.91 Å². The fourth-order valence-electron chi connectivity index (χ4n) is 2.08. The lowest BCUT2D eigenvalue weighted by Gasteiger charge is -2.25. The largest absolute Gasteiger partial charge is 0.481 e. The normalized spacial score (nSPS) is 11.1. The third kappa shape index (κ3) is 6.28. The predicted molar refractivity (Wildman–Crippen MR) is 97.2 cm³/mol. The Balaban J connectivity index is 1.86. The van der Waals surface area contributed by atoms with Gasteiger partial charge in [-0.25, -0.2) is 4.98 Å². The van der Waals surface area contributed by atoms with Crippen LogP contribution in [-0.4, -0.2) is 33.4 Å². The minimum atomic E-state index is -0.895. The van der Waals surface area contributed by atoms with Crippen molar-refractivity contribution in [1.82, 2.24) is 10.3 Å². The van der Waals surface area contributed by atoms with Gasteiger partial charge in [0.25, 0.3) is 5.91 Å². The van der Waals surface area contributed by atoms with E-state index in [0.717, 1.165) is 0 Å². The zero-order valence-electron chi connectivity index (χ0n) is 13.9. The zero-order chi connectivity index (χ0) is 18.4. The van der Waals surface area contributed by atoms with Gasteiger partial charge in [0.05, 0.1) is 17.0 Å². The first-order valence-corrected chi connectivity index (χ1v) is 9.33. The Morgan fingerprint density at radius 1 is 1.28 bits per heavy atom. The maximum absolute atomic E-state index is 12.1. The Kier molecular flexibility index (Phi) is 6.27. The van der Waals surface area contributed by atoms with Gasteiger partial charge < -0.3 is 10.4 Å². The summed E-state index contributed by atoms with van der Waals surface area (Å²) in [6, 6.07) is 3.52. The van der Waals surface area contributed by atoms with Gasteiger partial charge in [-0.05, 0) is 31.7 Å². The fourth-order valence-corrected chi connectivity index (χ4v) is 3.40. The highest BCUT2D eigenvalue weighted by Crippen LogP contribution is 2.19. The van der Waals surface area contributed by atoms with Gasteiger partial charge in [0, 0.05) is 17.3 Å². The second kappa shape index (κ2) is 8.21. The molecule has 0 aliphatic rings. The van der Waals surface area contributed by atoms with E-state index in [1.165, 1.54) is 22.7 Å². The SMILES string of the molecule is CC(C)(CCC(=O)O)NC(=O)Cc1csc(NC(=O)c2cccs2)n1. The van der Waals surface area contributed by atoms with Crippen molar-refractivity contribution >= 4 is 45.6 Å². The standard InChI is InChI=1S/C16H19N3O4S2/c1-16(2,6-5-13(21)22)19-12(20)8-10-9-25-15(17-10)18-14(23)11-4-3-7-24-11/h3-4,7,9H,5-6,8H2,1-2H3,(H,19,20)(H,21,22)(H,17,18,23). The summed E-state index contributed by atoms with van der Waals surface area (Å²) in [4.78, 5) is 39.5. The molecule has 9 heteroatoms. The number of nitrogens with one attached hydrogen (secondary N) is 2. The van der Waals surface area contributed by atoms with Crippen LogP contribution in [0, 0.1) is 0 Å². The van der Waals surface area contributed by atoms with Crippen LogP contribution in [-0.2, 0) is 16.0 Å². The first-order chi connectivity index (χ1) is 11.7. The Morgan fingerprint density at radius 3 is 2.68 bits per heavy atom. The summed E-state index contributed by atoms with van der Waals surface area (Å²) in [6.45, 7) is 3.56. The molecular weight excluding hydrogens is 362 g/mol. The van der Waals surface area contributed by atoms with E-state index in [0.29, 0.717) is 22.1 Å². The molecule has 0 fully saturated rings. The summed E-state index contributed by atoms with van der Waals surface area (Å²) in [6.07, 6.45) is 0.401. The molecule has 7 nitrogen and oxygen atoms in total. The van der Waals surface area contributed by atoms with Crippen LogP contribution in [0.15, 0.2) is 22.9 Å². The van der Waals surface area contributed by atoms with Crippen LogP contribution in [0.25, 0.3) is 0 Å². The Labute approximate surface area is 153 Å². The number of carbonyl (C=O) groups excluding carboxylic acids is 2. The highest BCUT2D eigenvalue weighted by molar-refractivity contribution is 7.14. The molecule has 0 aliphatic carbocycles. The highest BCUT2D eigenvalue weighted by Gasteiger charge is 2.22. The van der Waals surface area contributed by atoms with Crippen LogP contribution in [0.2, 0.25) is 0 Å². The van der Waals surface area contributed by atoms with E-state index in [4.69, 9.17) is 5.11 Å². The Morgan fingerprint density at radius 2 is 2.04 bits per heavy atom. The van der Waals surface area contributed by atoms with E-state index < -0.39 is 11.5 Å². The molecule has 0 spiro atoms. The number of anilines is 1. The molecule has 2 amide bonds. The van der Waals surface area contributed by atoms with E-state index in [-0.39, 0.29) is 24.7 Å². The van der Waals surface area contributed by atoms with E-state index in [1.807, 2.05) is 5.38 Å². The van der Waals surface area contributed by atoms with Crippen molar-refractivity contribution in [3.63, 3.8) is 0 Å². The molecule has 2 heterocycles. The summed E-state index contributed by atoms with van der Waals surface area (Å²) in [7, 11) is 0. The van der Waals surface area contributed by atoms with Crippen molar-refractivity contribution in [2.75, 3.05) is 5.32 Å². The van der Waals surface area contributed by atoms with Crippen molar-refractivity contribution in [1.29, 1.82) is 0 Å². The molecule has 134 valence electrons. The minimum Gasteiger partial charge on any atom is -0.481 e. The molecule has 0 saturated heterocycles. The topological polar surface area (TPSA) is 108 Å². The van der Waals surface area contributed by atoms with Crippen molar-refractivity contribution in [3.8, 4) is 0 Å². The molecule has 0 saturated carbocycles. The number of hydrogen-bond acceptors (Lipinski definition) is 6. The van der Waals surface area contributed by atoms with Gasteiger partial charge >= 0.3 is 5.97 Å². The number of carboxylic acid groups (broad SMARTS) is 1. The van der Waals surface area contributed by atoms with Crippen LogP contribution < -0.4 is 10.6 Å². The van der Waals surface area contributed by atoms with Crippen LogP contribution in [0.5, 0.6) is 0 Å². The summed E-state index contributed by atoms with van der Waals surface area (Å²) < 4.78 is 0. The van der Waals surface area contributed by atoms with Gasteiger partial charge in [-0.15, -0.1) is 22.7 Å². The zero-order valence-corrected chi connectivity index (χ0v) is 15.5. The van der Waals surface area contributed by atoms with E-state index >= 15 is 0 Å². The molecule has 0 aliphatic heterocycles. The molecular formula is C16H19N3O4S2. The average molecular weight is 381 g/mol. The molecule has 25 heavy (non-hydrogen) atoms. The van der Waals surface area contributed by atoms with Crippen LogP contribution in [0.1, 0.15) is 42.1 Å². The number of thiophene rings is 1. The number of rotatable bonds is 8. The van der Waals surface area contributed by atoms with Gasteiger partial charge in [-0.2, -0.15) is 0 Å². The summed E-state index contributed by atoms with van der Waals surface area (Å²) >= 11 is 2.59. The molecule has 2 aromatic rings. The molecule has 0 bridgehead atoms. The number of carboxylic acids is 1. The van der Waals surface area contributed by atoms with Gasteiger partial charge in [0.1, 0.15) is 0 Å². The summed E-state index contributed by atoms with van der Waals surface area (Å²) in [5.74, 6) is -1.36. The molecule has 0 aromatic carbocycles. The second-order valence-electron chi connectivity index (χ2n) is 6.08. The van der Waals surface area contributed by atoms with Gasteiger partial charge in [-0.1, -0.05) is 6.07 Å². The van der Waals surface area contributed by atoms with Crippen molar-refractivity contribution in [3.05, 3.63) is 33.5 Å². The first-order valence-electron chi connectivity index (χ1n) is 7.57. The van der Waals surface area contributed by atoms with Crippen LogP contribution in [0.3, 0.4) is 0 Å². The number of hydrogen-bond donors (Lipinski definition) is 3. The van der Waals surface area contributed by atoms with Crippen molar-refractivity contribution in [2.24, 2.45) is 0 Å². The van der Waals surface area contributed by atoms with Crippen molar-refractivity contribution < 1.29 is 19.5 Å². The third-order valence-corrected chi connectivity index (χ3v) is 4.98. The fraction of sp³-hybridized carbons (Fsp3) is 0.375. The number of nitrogens with zero attached hydrogens (tertiary/aromatic N) is 1. The van der Waals surface area contributed by atoms with Gasteiger partial charge in [0.15, 0.2) is 5.13 Å². The lowest BCUT2D eigenvalue weighted by Crippen LogP contribution is -2.44. The second-order valence-corrected chi connectivity index (χ2v) is 7.88. The smallest absolute Gasteiger partial charge is 0.303 e. The maximum atomic E-state index is 12.1. The number of aromatic nitrogens is 1. The number of amides is 2. The number of aliphatic carboxylic acids is 1. The molecule has 0 atom stereocenters. The Hall–Kier alpha value is -2.26. The average Bonchev–Trinajstić information content (AvgIpc) is 3.16. The molecule has 2 rings (SSSR count). The van der Waals surface area contributed by atoms with Crippen LogP contribution in [0.4, 0.5) is 5.13 Å². The monoisotopic (exact) mass is 381 g/mol. The minimum absolute atomic E-state index is 0.0110. The quantitative estimate of drug-likeness (QED) is 0.651. The molecule has 2 aromatic heterocycles. The van der Waals surface area contributed by atoms with E-state index in [1.54, 1.807) is 31.4 Å². The summed E-state index contributed by atoms with van der Waals surface area (Å²) in [5.41, 5.74) is -0.0557. The molecule has 0 unspecified atom stereocenters. The Bertz CT molecular complexity index is 753. The van der Waals surface area contributed by atoms with Gasteiger partial charge in [-0.3, -0.25) is 19.7 Å². The highest BCUT2D eigenvalue weighted by atomic mass is 32.1. The lowest BCUT2D eigenvalue weighted by molar-refractivity contribution is -0.137. The first kappa shape index (κ1) is 19.1. The molecule has 3 N–H and O–H groups in total. The van der Waals surface area contributed by atoms with Crippen LogP contribution >= 0.6 is 22.7 Å².